The first kappa shape index (κ1) is 20.7. The van der Waals surface area contributed by atoms with Crippen molar-refractivity contribution in [2.24, 2.45) is 0 Å². The van der Waals surface area contributed by atoms with Crippen molar-refractivity contribution in [3.8, 4) is 5.69 Å². The third-order valence-corrected chi connectivity index (χ3v) is 4.98. The summed E-state index contributed by atoms with van der Waals surface area (Å²) in [4.78, 5) is 28.5. The second-order valence-electron chi connectivity index (χ2n) is 6.83. The van der Waals surface area contributed by atoms with E-state index < -0.39 is 0 Å². The molecule has 1 aromatic carbocycles. The minimum Gasteiger partial charge on any atom is -0.465 e. The van der Waals surface area contributed by atoms with Crippen molar-refractivity contribution in [2.75, 3.05) is 5.75 Å². The highest BCUT2D eigenvalue weighted by Gasteiger charge is 2.11. The van der Waals surface area contributed by atoms with Crippen molar-refractivity contribution in [3.05, 3.63) is 65.9 Å². The lowest BCUT2D eigenvalue weighted by Crippen LogP contribution is -2.31. The van der Waals surface area contributed by atoms with Crippen LogP contribution in [0.3, 0.4) is 0 Å². The molecule has 29 heavy (non-hydrogen) atoms. The van der Waals surface area contributed by atoms with Crippen LogP contribution >= 0.6 is 11.8 Å². The lowest BCUT2D eigenvalue weighted by Gasteiger charge is -2.10. The third-order valence-electron chi connectivity index (χ3n) is 4.02. The van der Waals surface area contributed by atoms with Crippen molar-refractivity contribution in [2.45, 2.75) is 38.5 Å². The number of carbonyl (C=O) groups is 2. The van der Waals surface area contributed by atoms with Gasteiger partial charge in [-0.15, -0.1) is 0 Å². The molecule has 3 aromatic rings. The van der Waals surface area contributed by atoms with E-state index in [-0.39, 0.29) is 17.9 Å². The van der Waals surface area contributed by atoms with E-state index >= 15 is 0 Å². The summed E-state index contributed by atoms with van der Waals surface area (Å²) < 4.78 is 7.35. The number of rotatable bonds is 8. The highest BCUT2D eigenvalue weighted by molar-refractivity contribution is 7.99. The molecule has 0 aliphatic rings. The van der Waals surface area contributed by atoms with Crippen LogP contribution in [0.1, 0.15) is 35.7 Å². The average Bonchev–Trinajstić information content (AvgIpc) is 3.33. The highest BCUT2D eigenvalue weighted by Crippen LogP contribution is 2.20. The smallest absolute Gasteiger partial charge is 0.251 e. The van der Waals surface area contributed by atoms with Crippen LogP contribution in [0.15, 0.2) is 58.4 Å². The van der Waals surface area contributed by atoms with Gasteiger partial charge in [-0.05, 0) is 57.2 Å². The molecule has 7 nitrogen and oxygen atoms in total. The number of benzene rings is 1. The van der Waals surface area contributed by atoms with Crippen molar-refractivity contribution < 1.29 is 14.0 Å². The number of nitrogens with one attached hydrogen (secondary N) is 2. The molecule has 0 fully saturated rings. The Hall–Kier alpha value is -3.00. The van der Waals surface area contributed by atoms with Crippen LogP contribution in [0.5, 0.6) is 0 Å². The quantitative estimate of drug-likeness (QED) is 0.554. The van der Waals surface area contributed by atoms with Crippen LogP contribution in [0.4, 0.5) is 0 Å². The molecule has 0 aliphatic carbocycles. The highest BCUT2D eigenvalue weighted by atomic mass is 32.2. The van der Waals surface area contributed by atoms with E-state index in [1.54, 1.807) is 18.3 Å². The molecule has 0 saturated carbocycles. The third kappa shape index (κ3) is 5.74. The molecule has 0 saturated heterocycles. The normalized spacial score (nSPS) is 10.9. The molecule has 0 bridgehead atoms. The van der Waals surface area contributed by atoms with Gasteiger partial charge in [0.05, 0.1) is 12.3 Å². The fraction of sp³-hybridized carbons (Fsp3) is 0.286. The summed E-state index contributed by atoms with van der Waals surface area (Å²) >= 11 is 1.37. The zero-order valence-corrected chi connectivity index (χ0v) is 17.5. The van der Waals surface area contributed by atoms with Gasteiger partial charge in [0.1, 0.15) is 11.5 Å². The van der Waals surface area contributed by atoms with Gasteiger partial charge >= 0.3 is 0 Å². The summed E-state index contributed by atoms with van der Waals surface area (Å²) in [5.41, 5.74) is 1.43. The van der Waals surface area contributed by atoms with Crippen LogP contribution < -0.4 is 10.6 Å². The Kier molecular flexibility index (Phi) is 6.77. The average molecular weight is 413 g/mol. The number of carbonyl (C=O) groups excluding carboxylic acids is 2. The second-order valence-corrected chi connectivity index (χ2v) is 7.78. The summed E-state index contributed by atoms with van der Waals surface area (Å²) in [5, 5.41) is 6.42. The van der Waals surface area contributed by atoms with Crippen LogP contribution in [0.2, 0.25) is 0 Å². The summed E-state index contributed by atoms with van der Waals surface area (Å²) in [6.07, 6.45) is 3.52. The molecule has 2 aromatic heterocycles. The minimum atomic E-state index is -0.170. The molecule has 152 valence electrons. The standard InChI is InChI=1S/C21H24N4O3S/c1-14(2)24-19(26)13-29-21-22-10-11-25(21)17-7-5-16(6-8-17)20(27)23-12-18-9-4-15(3)28-18/h4-11,14H,12-13H2,1-3H3,(H,23,27)(H,24,26). The number of nitrogens with zero attached hydrogens (tertiary/aromatic N) is 2. The van der Waals surface area contributed by atoms with E-state index in [4.69, 9.17) is 4.42 Å². The molecule has 2 amide bonds. The molecule has 2 heterocycles. The van der Waals surface area contributed by atoms with Gasteiger partial charge in [-0.2, -0.15) is 0 Å². The van der Waals surface area contributed by atoms with Crippen molar-refractivity contribution in [3.63, 3.8) is 0 Å². The van der Waals surface area contributed by atoms with Crippen LogP contribution in [-0.4, -0.2) is 33.2 Å². The zero-order valence-electron chi connectivity index (χ0n) is 16.6. The van der Waals surface area contributed by atoms with Gasteiger partial charge < -0.3 is 15.1 Å². The fourth-order valence-electron chi connectivity index (χ4n) is 2.71. The first-order valence-electron chi connectivity index (χ1n) is 9.32. The maximum atomic E-state index is 12.3. The van der Waals surface area contributed by atoms with Gasteiger partial charge in [0.2, 0.25) is 5.91 Å². The Bertz CT molecular complexity index is 976. The molecule has 8 heteroatoms. The Balaban J connectivity index is 1.61. The van der Waals surface area contributed by atoms with E-state index in [1.807, 2.05) is 55.8 Å². The Morgan fingerprint density at radius 2 is 1.93 bits per heavy atom. The Morgan fingerprint density at radius 1 is 1.17 bits per heavy atom. The number of furan rings is 1. The zero-order chi connectivity index (χ0) is 20.8. The van der Waals surface area contributed by atoms with E-state index in [9.17, 15) is 9.59 Å². The van der Waals surface area contributed by atoms with Gasteiger partial charge in [-0.1, -0.05) is 11.8 Å². The molecule has 0 atom stereocenters. The number of hydrogen-bond acceptors (Lipinski definition) is 5. The fourth-order valence-corrected chi connectivity index (χ4v) is 3.49. The SMILES string of the molecule is Cc1ccc(CNC(=O)c2ccc(-n3ccnc3SCC(=O)NC(C)C)cc2)o1. The molecule has 3 rings (SSSR count). The van der Waals surface area contributed by atoms with Crippen LogP contribution in [0, 0.1) is 6.92 Å². The molecule has 0 radical (unpaired) electrons. The summed E-state index contributed by atoms with van der Waals surface area (Å²) in [6, 6.07) is 11.0. The topological polar surface area (TPSA) is 89.2 Å². The summed E-state index contributed by atoms with van der Waals surface area (Å²) in [5.74, 6) is 1.62. The predicted octanol–water partition coefficient (Wildman–Crippen LogP) is 3.32. The predicted molar refractivity (Wildman–Crippen MR) is 112 cm³/mol. The first-order valence-corrected chi connectivity index (χ1v) is 10.3. The summed E-state index contributed by atoms with van der Waals surface area (Å²) in [7, 11) is 0. The van der Waals surface area contributed by atoms with Gasteiger partial charge in [0, 0.05) is 29.7 Å². The number of imidazole rings is 1. The van der Waals surface area contributed by atoms with E-state index in [2.05, 4.69) is 15.6 Å². The molecular weight excluding hydrogens is 388 g/mol. The molecule has 0 spiro atoms. The van der Waals surface area contributed by atoms with E-state index in [1.165, 1.54) is 11.8 Å². The largest absolute Gasteiger partial charge is 0.465 e. The number of aromatic nitrogens is 2. The second kappa shape index (κ2) is 9.47. The Morgan fingerprint density at radius 3 is 2.59 bits per heavy atom. The van der Waals surface area contributed by atoms with Gasteiger partial charge in [0.25, 0.3) is 5.91 Å². The van der Waals surface area contributed by atoms with E-state index in [0.29, 0.717) is 28.8 Å². The molecule has 0 unspecified atom stereocenters. The number of hydrogen-bond donors (Lipinski definition) is 2. The van der Waals surface area contributed by atoms with Crippen molar-refractivity contribution in [1.29, 1.82) is 0 Å². The van der Waals surface area contributed by atoms with Gasteiger partial charge in [-0.3, -0.25) is 14.2 Å². The van der Waals surface area contributed by atoms with Crippen molar-refractivity contribution >= 4 is 23.6 Å². The van der Waals surface area contributed by atoms with Crippen LogP contribution in [-0.2, 0) is 11.3 Å². The summed E-state index contributed by atoms with van der Waals surface area (Å²) in [6.45, 7) is 6.06. The lowest BCUT2D eigenvalue weighted by atomic mass is 10.2. The molecule has 0 aliphatic heterocycles. The maximum Gasteiger partial charge on any atom is 0.251 e. The molecule has 2 N–H and O–H groups in total. The van der Waals surface area contributed by atoms with E-state index in [0.717, 1.165) is 11.4 Å². The van der Waals surface area contributed by atoms with Gasteiger partial charge in [0.15, 0.2) is 5.16 Å². The maximum absolute atomic E-state index is 12.3. The monoisotopic (exact) mass is 412 g/mol. The lowest BCUT2D eigenvalue weighted by molar-refractivity contribution is -0.119. The first-order chi connectivity index (χ1) is 13.9. The van der Waals surface area contributed by atoms with Crippen molar-refractivity contribution in [1.82, 2.24) is 20.2 Å². The molecular formula is C21H24N4O3S. The Labute approximate surface area is 173 Å². The number of amides is 2. The minimum absolute atomic E-state index is 0.0293. The van der Waals surface area contributed by atoms with Gasteiger partial charge in [-0.25, -0.2) is 4.98 Å². The number of thioether (sulfide) groups is 1. The number of aryl methyl sites for hydroxylation is 1. The van der Waals surface area contributed by atoms with Crippen LogP contribution in [0.25, 0.3) is 5.69 Å².